The second-order valence-corrected chi connectivity index (χ2v) is 3.06. The molecule has 0 radical (unpaired) electrons. The molecule has 0 spiro atoms. The number of anilines is 1. The van der Waals surface area contributed by atoms with Crippen LogP contribution in [0.2, 0.25) is 0 Å². The maximum Gasteiger partial charge on any atom is 0.130 e. The first-order valence-electron chi connectivity index (χ1n) is 4.60. The van der Waals surface area contributed by atoms with Gasteiger partial charge in [-0.05, 0) is 24.3 Å². The monoisotopic (exact) mass is 217 g/mol. The third kappa shape index (κ3) is 2.47. The maximum atomic E-state index is 10.7. The van der Waals surface area contributed by atoms with Crippen molar-refractivity contribution in [2.45, 2.75) is 0 Å². The molecule has 0 aliphatic rings. The summed E-state index contributed by atoms with van der Waals surface area (Å²) in [5.41, 5.74) is 0.117. The number of pyridine rings is 1. The van der Waals surface area contributed by atoms with Gasteiger partial charge in [0.1, 0.15) is 11.5 Å². The Kier molecular flexibility index (Phi) is 3.00. The molecule has 2 aromatic rings. The second kappa shape index (κ2) is 4.61. The minimum Gasteiger partial charge on any atom is -0.733 e. The highest BCUT2D eigenvalue weighted by Gasteiger charge is 1.98. The average Bonchev–Trinajstić information content (AvgIpc) is 2.30. The number of hydrogen-bond acceptors (Lipinski definition) is 5. The van der Waals surface area contributed by atoms with Gasteiger partial charge < -0.3 is 15.2 Å². The van der Waals surface area contributed by atoms with Crippen molar-refractivity contribution < 1.29 is 9.94 Å². The number of rotatable bonds is 3. The summed E-state index contributed by atoms with van der Waals surface area (Å²) in [6.45, 7) is 0. The SMILES string of the molecule is [O-]N(O)c1cccc(Oc2ccncc2)c1. The largest absolute Gasteiger partial charge is 0.733 e. The fourth-order valence-electron chi connectivity index (χ4n) is 1.21. The van der Waals surface area contributed by atoms with E-state index in [0.29, 0.717) is 11.5 Å². The van der Waals surface area contributed by atoms with Crippen LogP contribution in [-0.4, -0.2) is 10.2 Å². The molecule has 82 valence electrons. The van der Waals surface area contributed by atoms with Crippen LogP contribution in [-0.2, 0) is 0 Å². The molecule has 0 aliphatic heterocycles. The molecule has 1 aromatic heterocycles. The lowest BCUT2D eigenvalue weighted by molar-refractivity contribution is 0.296. The summed E-state index contributed by atoms with van der Waals surface area (Å²) in [6.07, 6.45) is 3.20. The average molecular weight is 217 g/mol. The molecule has 2 rings (SSSR count). The number of nitrogens with zero attached hydrogens (tertiary/aromatic N) is 2. The predicted molar refractivity (Wildman–Crippen MR) is 58.4 cm³/mol. The molecule has 0 unspecified atom stereocenters. The summed E-state index contributed by atoms with van der Waals surface area (Å²) >= 11 is 0. The Morgan fingerprint density at radius 2 is 1.88 bits per heavy atom. The van der Waals surface area contributed by atoms with Crippen molar-refractivity contribution in [3.05, 3.63) is 54.0 Å². The second-order valence-electron chi connectivity index (χ2n) is 3.06. The van der Waals surface area contributed by atoms with Crippen LogP contribution in [0.25, 0.3) is 0 Å². The predicted octanol–water partition coefficient (Wildman–Crippen LogP) is 2.57. The van der Waals surface area contributed by atoms with E-state index in [4.69, 9.17) is 9.94 Å². The van der Waals surface area contributed by atoms with Crippen molar-refractivity contribution in [3.63, 3.8) is 0 Å². The normalized spacial score (nSPS) is 9.88. The van der Waals surface area contributed by atoms with E-state index in [1.807, 2.05) is 0 Å². The summed E-state index contributed by atoms with van der Waals surface area (Å²) in [5, 5.41) is 19.2. The topological polar surface area (TPSA) is 68.7 Å². The van der Waals surface area contributed by atoms with Gasteiger partial charge in [-0.2, -0.15) is 0 Å². The van der Waals surface area contributed by atoms with Crippen LogP contribution in [0, 0.1) is 5.21 Å². The molecular weight excluding hydrogens is 208 g/mol. The van der Waals surface area contributed by atoms with Crippen molar-refractivity contribution in [3.8, 4) is 11.5 Å². The Morgan fingerprint density at radius 3 is 2.56 bits per heavy atom. The Balaban J connectivity index is 2.19. The van der Waals surface area contributed by atoms with E-state index in [0.717, 1.165) is 0 Å². The summed E-state index contributed by atoms with van der Waals surface area (Å²) in [6, 6.07) is 9.61. The Morgan fingerprint density at radius 1 is 1.12 bits per heavy atom. The molecule has 16 heavy (non-hydrogen) atoms. The van der Waals surface area contributed by atoms with Gasteiger partial charge in [-0.3, -0.25) is 10.2 Å². The molecule has 1 heterocycles. The summed E-state index contributed by atoms with van der Waals surface area (Å²) in [7, 11) is 0. The number of ether oxygens (including phenoxy) is 1. The van der Waals surface area contributed by atoms with Crippen molar-refractivity contribution >= 4 is 5.69 Å². The van der Waals surface area contributed by atoms with Gasteiger partial charge in [0, 0.05) is 18.5 Å². The third-order valence-corrected chi connectivity index (χ3v) is 1.92. The smallest absolute Gasteiger partial charge is 0.130 e. The van der Waals surface area contributed by atoms with Crippen LogP contribution >= 0.6 is 0 Å². The van der Waals surface area contributed by atoms with E-state index < -0.39 is 0 Å². The molecule has 5 heteroatoms. The highest BCUT2D eigenvalue weighted by Crippen LogP contribution is 2.24. The quantitative estimate of drug-likeness (QED) is 0.800. The molecule has 0 atom stereocenters. The molecule has 1 N–H and O–H groups in total. The van der Waals surface area contributed by atoms with Gasteiger partial charge in [0.2, 0.25) is 0 Å². The molecule has 0 aliphatic carbocycles. The van der Waals surface area contributed by atoms with E-state index in [-0.39, 0.29) is 10.9 Å². The van der Waals surface area contributed by atoms with Gasteiger partial charge in [-0.25, -0.2) is 0 Å². The van der Waals surface area contributed by atoms with Crippen LogP contribution in [0.5, 0.6) is 11.5 Å². The third-order valence-electron chi connectivity index (χ3n) is 1.92. The Labute approximate surface area is 92.1 Å². The van der Waals surface area contributed by atoms with Crippen molar-refractivity contribution in [2.24, 2.45) is 0 Å². The molecular formula is C11H9N2O3-. The van der Waals surface area contributed by atoms with E-state index in [1.165, 1.54) is 12.1 Å². The van der Waals surface area contributed by atoms with E-state index in [1.54, 1.807) is 36.7 Å². The first-order valence-corrected chi connectivity index (χ1v) is 4.60. The van der Waals surface area contributed by atoms with Crippen molar-refractivity contribution in [2.75, 3.05) is 5.23 Å². The Bertz CT molecular complexity index is 460. The molecule has 1 aromatic carbocycles. The summed E-state index contributed by atoms with van der Waals surface area (Å²) in [4.78, 5) is 3.85. The first-order chi connectivity index (χ1) is 7.75. The van der Waals surface area contributed by atoms with E-state index in [2.05, 4.69) is 4.98 Å². The van der Waals surface area contributed by atoms with Gasteiger partial charge >= 0.3 is 0 Å². The number of hydrogen-bond donors (Lipinski definition) is 1. The van der Waals surface area contributed by atoms with E-state index in [9.17, 15) is 5.21 Å². The standard InChI is InChI=1S/C11H9N2O3/c14-13(15)9-2-1-3-11(8-9)16-10-4-6-12-7-5-10/h1-8,14H/q-1. The molecule has 0 bridgehead atoms. The lowest BCUT2D eigenvalue weighted by Gasteiger charge is -2.21. The van der Waals surface area contributed by atoms with E-state index >= 15 is 0 Å². The minimum absolute atomic E-state index is 0.117. The Hall–Kier alpha value is -2.11. The molecule has 0 saturated carbocycles. The summed E-state index contributed by atoms with van der Waals surface area (Å²) in [5.74, 6) is 1.08. The zero-order valence-corrected chi connectivity index (χ0v) is 8.28. The summed E-state index contributed by atoms with van der Waals surface area (Å²) < 4.78 is 5.45. The van der Waals surface area contributed by atoms with Crippen LogP contribution in [0.4, 0.5) is 5.69 Å². The van der Waals surface area contributed by atoms with Crippen molar-refractivity contribution in [1.82, 2.24) is 4.98 Å². The van der Waals surface area contributed by atoms with Crippen LogP contribution < -0.4 is 9.96 Å². The van der Waals surface area contributed by atoms with Crippen LogP contribution in [0.15, 0.2) is 48.8 Å². The number of benzene rings is 1. The van der Waals surface area contributed by atoms with Crippen LogP contribution in [0.3, 0.4) is 0 Å². The lowest BCUT2D eigenvalue weighted by atomic mass is 10.3. The molecule has 5 nitrogen and oxygen atoms in total. The molecule has 0 fully saturated rings. The van der Waals surface area contributed by atoms with Gasteiger partial charge in [-0.15, -0.1) is 0 Å². The molecule has 0 amide bonds. The van der Waals surface area contributed by atoms with Gasteiger partial charge in [0.05, 0.1) is 5.69 Å². The van der Waals surface area contributed by atoms with Crippen molar-refractivity contribution in [1.29, 1.82) is 0 Å². The fourth-order valence-corrected chi connectivity index (χ4v) is 1.21. The fraction of sp³-hybridized carbons (Fsp3) is 0. The minimum atomic E-state index is -0.209. The first kappa shape index (κ1) is 10.4. The zero-order valence-electron chi connectivity index (χ0n) is 8.28. The molecule has 0 saturated heterocycles. The zero-order chi connectivity index (χ0) is 11.4. The van der Waals surface area contributed by atoms with Gasteiger partial charge in [-0.1, -0.05) is 6.07 Å². The number of aromatic nitrogens is 1. The highest BCUT2D eigenvalue weighted by atomic mass is 16.8. The maximum absolute atomic E-state index is 10.7. The van der Waals surface area contributed by atoms with Gasteiger partial charge in [0.15, 0.2) is 0 Å². The lowest BCUT2D eigenvalue weighted by Crippen LogP contribution is -2.06. The highest BCUT2D eigenvalue weighted by molar-refractivity contribution is 5.49. The van der Waals surface area contributed by atoms with Crippen LogP contribution in [0.1, 0.15) is 0 Å². The van der Waals surface area contributed by atoms with Gasteiger partial charge in [0.25, 0.3) is 0 Å².